The van der Waals surface area contributed by atoms with Gasteiger partial charge in [-0.15, -0.1) is 0 Å². The van der Waals surface area contributed by atoms with Crippen molar-refractivity contribution >= 4 is 29.2 Å². The quantitative estimate of drug-likeness (QED) is 0.702. The summed E-state index contributed by atoms with van der Waals surface area (Å²) in [6.45, 7) is 3.36. The summed E-state index contributed by atoms with van der Waals surface area (Å²) >= 11 is 5.37. The van der Waals surface area contributed by atoms with Gasteiger partial charge in [0, 0.05) is 32.4 Å². The van der Waals surface area contributed by atoms with Gasteiger partial charge in [0.05, 0.1) is 12.2 Å². The lowest BCUT2D eigenvalue weighted by Crippen LogP contribution is -2.37. The number of H-pyrrole nitrogens is 1. The summed E-state index contributed by atoms with van der Waals surface area (Å²) in [7, 11) is 0. The molecule has 1 amide bonds. The van der Waals surface area contributed by atoms with Crippen molar-refractivity contribution in [3.05, 3.63) is 63.3 Å². The number of para-hydroxylation sites is 2. The van der Waals surface area contributed by atoms with Crippen LogP contribution in [0.3, 0.4) is 0 Å². The number of hydrogen-bond donors (Lipinski definition) is 1. The second kappa shape index (κ2) is 7.50. The van der Waals surface area contributed by atoms with Crippen LogP contribution >= 0.6 is 12.2 Å². The third-order valence-electron chi connectivity index (χ3n) is 4.84. The van der Waals surface area contributed by atoms with Gasteiger partial charge in [0.25, 0.3) is 16.3 Å². The van der Waals surface area contributed by atoms with Crippen LogP contribution in [0.15, 0.2) is 51.8 Å². The molecule has 3 aromatic rings. The Morgan fingerprint density at radius 3 is 2.81 bits per heavy atom. The van der Waals surface area contributed by atoms with E-state index in [0.717, 1.165) is 24.1 Å². The zero-order valence-corrected chi connectivity index (χ0v) is 15.6. The smallest absolute Gasteiger partial charge is 0.270 e. The van der Waals surface area contributed by atoms with E-state index in [1.54, 1.807) is 17.0 Å². The second-order valence-electron chi connectivity index (χ2n) is 6.58. The number of nitrogens with zero attached hydrogens (tertiary/aromatic N) is 3. The predicted octanol–water partition coefficient (Wildman–Crippen LogP) is 2.46. The number of benzene rings is 1. The maximum atomic E-state index is 12.7. The fourth-order valence-electron chi connectivity index (χ4n) is 3.42. The van der Waals surface area contributed by atoms with Crippen molar-refractivity contribution in [3.63, 3.8) is 0 Å². The zero-order valence-electron chi connectivity index (χ0n) is 14.8. The molecule has 0 radical (unpaired) electrons. The highest BCUT2D eigenvalue weighted by Gasteiger charge is 2.22. The lowest BCUT2D eigenvalue weighted by molar-refractivity contribution is 0.0757. The van der Waals surface area contributed by atoms with Crippen LogP contribution in [0.4, 0.5) is 0 Å². The molecule has 0 saturated carbocycles. The number of nitrogens with one attached hydrogen (secondary N) is 1. The number of pyridine rings is 1. The van der Waals surface area contributed by atoms with E-state index in [1.807, 2.05) is 28.8 Å². The monoisotopic (exact) mass is 384 g/mol. The van der Waals surface area contributed by atoms with Crippen LogP contribution in [0.5, 0.6) is 0 Å². The molecule has 4 rings (SSSR count). The fraction of sp³-hybridized carbons (Fsp3) is 0.316. The zero-order chi connectivity index (χ0) is 18.8. The van der Waals surface area contributed by atoms with Crippen molar-refractivity contribution in [2.24, 2.45) is 0 Å². The molecule has 0 unspecified atom stereocenters. The first-order valence-electron chi connectivity index (χ1n) is 8.91. The summed E-state index contributed by atoms with van der Waals surface area (Å²) in [6, 6.07) is 11.0. The number of aromatic amines is 1. The van der Waals surface area contributed by atoms with Gasteiger partial charge in [-0.25, -0.2) is 0 Å². The van der Waals surface area contributed by atoms with Crippen LogP contribution in [0.1, 0.15) is 16.8 Å². The van der Waals surface area contributed by atoms with Gasteiger partial charge < -0.3 is 14.3 Å². The van der Waals surface area contributed by atoms with E-state index in [-0.39, 0.29) is 17.0 Å². The van der Waals surface area contributed by atoms with Gasteiger partial charge in [0.1, 0.15) is 5.56 Å². The average molecular weight is 384 g/mol. The summed E-state index contributed by atoms with van der Waals surface area (Å²) in [6.07, 6.45) is 2.36. The Bertz CT molecular complexity index is 1080. The molecule has 0 atom stereocenters. The lowest BCUT2D eigenvalue weighted by atomic mass is 10.2. The first-order valence-corrected chi connectivity index (χ1v) is 9.32. The number of rotatable bonds is 3. The summed E-state index contributed by atoms with van der Waals surface area (Å²) in [5, 5.41) is 0. The minimum absolute atomic E-state index is 0.189. The van der Waals surface area contributed by atoms with Gasteiger partial charge in [0.2, 0.25) is 0 Å². The van der Waals surface area contributed by atoms with E-state index in [9.17, 15) is 9.59 Å². The molecule has 3 heterocycles. The Labute approximate surface area is 160 Å². The number of hydrogen-bond acceptors (Lipinski definition) is 5. The lowest BCUT2D eigenvalue weighted by Gasteiger charge is -2.22. The van der Waals surface area contributed by atoms with Gasteiger partial charge in [-0.05, 0) is 42.9 Å². The molecule has 0 bridgehead atoms. The van der Waals surface area contributed by atoms with Crippen molar-refractivity contribution < 1.29 is 9.21 Å². The van der Waals surface area contributed by atoms with Gasteiger partial charge >= 0.3 is 0 Å². The molecule has 1 N–H and O–H groups in total. The van der Waals surface area contributed by atoms with E-state index in [4.69, 9.17) is 16.6 Å². The van der Waals surface area contributed by atoms with Crippen molar-refractivity contribution in [2.75, 3.05) is 26.2 Å². The van der Waals surface area contributed by atoms with Gasteiger partial charge in [-0.1, -0.05) is 12.1 Å². The fourth-order valence-corrected chi connectivity index (χ4v) is 3.67. The van der Waals surface area contributed by atoms with E-state index in [0.29, 0.717) is 31.1 Å². The maximum absolute atomic E-state index is 12.7. The molecule has 1 aromatic carbocycles. The molecule has 1 fully saturated rings. The average Bonchev–Trinajstić information content (AvgIpc) is 2.83. The van der Waals surface area contributed by atoms with Crippen molar-refractivity contribution in [1.82, 2.24) is 19.4 Å². The molecule has 7 nitrogen and oxygen atoms in total. The Kier molecular flexibility index (Phi) is 4.91. The summed E-state index contributed by atoms with van der Waals surface area (Å²) in [4.78, 5) is 31.6. The van der Waals surface area contributed by atoms with Crippen LogP contribution < -0.4 is 5.56 Å². The Hall–Kier alpha value is -2.71. The van der Waals surface area contributed by atoms with E-state index < -0.39 is 0 Å². The molecule has 140 valence electrons. The molecule has 0 spiro atoms. The van der Waals surface area contributed by atoms with Crippen LogP contribution in [0.25, 0.3) is 11.1 Å². The molecule has 2 aromatic heterocycles. The number of fused-ring (bicyclic) bond motifs is 1. The summed E-state index contributed by atoms with van der Waals surface area (Å²) in [5.74, 6) is -0.218. The van der Waals surface area contributed by atoms with Crippen LogP contribution in [-0.4, -0.2) is 51.4 Å². The van der Waals surface area contributed by atoms with E-state index >= 15 is 0 Å². The van der Waals surface area contributed by atoms with Crippen LogP contribution in [0.2, 0.25) is 0 Å². The molecule has 1 aliphatic heterocycles. The molecular weight excluding hydrogens is 364 g/mol. The molecule has 0 aliphatic carbocycles. The topological polar surface area (TPSA) is 74.5 Å². The summed E-state index contributed by atoms with van der Waals surface area (Å²) < 4.78 is 7.63. The molecule has 1 aliphatic rings. The minimum atomic E-state index is -0.347. The first-order chi connectivity index (χ1) is 13.1. The number of amides is 1. The van der Waals surface area contributed by atoms with E-state index in [1.165, 1.54) is 6.20 Å². The normalized spacial score (nSPS) is 15.8. The largest absolute Gasteiger partial charge is 0.429 e. The molecule has 27 heavy (non-hydrogen) atoms. The van der Waals surface area contributed by atoms with Crippen molar-refractivity contribution in [1.29, 1.82) is 0 Å². The van der Waals surface area contributed by atoms with Gasteiger partial charge in [0.15, 0.2) is 5.58 Å². The minimum Gasteiger partial charge on any atom is -0.429 e. The van der Waals surface area contributed by atoms with Crippen LogP contribution in [-0.2, 0) is 6.67 Å². The number of oxazole rings is 1. The van der Waals surface area contributed by atoms with Gasteiger partial charge in [-0.2, -0.15) is 0 Å². The van der Waals surface area contributed by atoms with Crippen molar-refractivity contribution in [2.45, 2.75) is 13.1 Å². The molecule has 1 saturated heterocycles. The Balaban J connectivity index is 1.48. The number of carbonyl (C=O) groups is 1. The summed E-state index contributed by atoms with van der Waals surface area (Å²) in [5.41, 5.74) is 1.58. The second-order valence-corrected chi connectivity index (χ2v) is 6.93. The third-order valence-corrected chi connectivity index (χ3v) is 5.14. The number of carbonyl (C=O) groups excluding carboxylic acids is 1. The highest BCUT2D eigenvalue weighted by molar-refractivity contribution is 7.71. The Morgan fingerprint density at radius 1 is 1.11 bits per heavy atom. The number of aromatic nitrogens is 2. The highest BCUT2D eigenvalue weighted by Crippen LogP contribution is 2.18. The maximum Gasteiger partial charge on any atom is 0.270 e. The first kappa shape index (κ1) is 17.7. The van der Waals surface area contributed by atoms with E-state index in [2.05, 4.69) is 9.88 Å². The standard InChI is InChI=1S/C19H20N4O3S/c24-17-14(5-3-8-20-17)18(25)22-10-4-9-21(11-12-22)13-23-15-6-1-2-7-16(15)26-19(23)27/h1-3,5-8H,4,9-13H2,(H,20,24). The molecule has 8 heteroatoms. The van der Waals surface area contributed by atoms with Gasteiger partial charge in [-0.3, -0.25) is 19.1 Å². The predicted molar refractivity (Wildman–Crippen MR) is 104 cm³/mol. The SMILES string of the molecule is O=C(c1ccc[nH]c1=O)N1CCCN(Cn2c(=S)oc3ccccc32)CC1. The Morgan fingerprint density at radius 2 is 1.96 bits per heavy atom. The van der Waals surface area contributed by atoms with Crippen molar-refractivity contribution in [3.8, 4) is 0 Å². The molecular formula is C19H20N4O3S. The highest BCUT2D eigenvalue weighted by atomic mass is 32.1. The third kappa shape index (κ3) is 3.58. The van der Waals surface area contributed by atoms with Crippen LogP contribution in [0, 0.1) is 4.84 Å².